The highest BCUT2D eigenvalue weighted by atomic mass is 16.5. The van der Waals surface area contributed by atoms with E-state index in [9.17, 15) is 4.79 Å². The van der Waals surface area contributed by atoms with Crippen LogP contribution in [0.2, 0.25) is 0 Å². The number of benzene rings is 2. The molecule has 4 heteroatoms. The maximum absolute atomic E-state index is 12.6. The van der Waals surface area contributed by atoms with E-state index in [1.807, 2.05) is 30.3 Å². The number of fused-ring (bicyclic) bond motifs is 1. The van der Waals surface area contributed by atoms with Gasteiger partial charge in [-0.15, -0.1) is 0 Å². The van der Waals surface area contributed by atoms with Crippen LogP contribution in [0.15, 0.2) is 42.5 Å². The minimum absolute atomic E-state index is 0.0481. The first-order valence-electron chi connectivity index (χ1n) is 9.33. The van der Waals surface area contributed by atoms with Crippen LogP contribution in [0.3, 0.4) is 0 Å². The zero-order valence-electron chi connectivity index (χ0n) is 15.9. The Balaban J connectivity index is 1.67. The predicted octanol–water partition coefficient (Wildman–Crippen LogP) is 3.78. The van der Waals surface area contributed by atoms with Crippen molar-refractivity contribution >= 4 is 5.91 Å². The van der Waals surface area contributed by atoms with Gasteiger partial charge < -0.3 is 10.1 Å². The van der Waals surface area contributed by atoms with Gasteiger partial charge in [-0.2, -0.15) is 0 Å². The summed E-state index contributed by atoms with van der Waals surface area (Å²) in [5.41, 5.74) is 4.10. The van der Waals surface area contributed by atoms with E-state index in [1.165, 1.54) is 5.56 Å². The minimum atomic E-state index is -0.0481. The third-order valence-corrected chi connectivity index (χ3v) is 4.58. The molecule has 0 saturated carbocycles. The van der Waals surface area contributed by atoms with Gasteiger partial charge >= 0.3 is 0 Å². The lowest BCUT2D eigenvalue weighted by atomic mass is 10.1. The van der Waals surface area contributed by atoms with Crippen molar-refractivity contribution in [3.8, 4) is 5.75 Å². The highest BCUT2D eigenvalue weighted by Crippen LogP contribution is 2.25. The number of amides is 1. The zero-order chi connectivity index (χ0) is 18.5. The van der Waals surface area contributed by atoms with Gasteiger partial charge in [0, 0.05) is 37.3 Å². The molecule has 1 heterocycles. The van der Waals surface area contributed by atoms with Crippen LogP contribution in [0, 0.1) is 12.8 Å². The molecule has 1 aliphatic rings. The molecule has 138 valence electrons. The van der Waals surface area contributed by atoms with Crippen molar-refractivity contribution in [1.82, 2.24) is 10.2 Å². The molecule has 0 saturated heterocycles. The molecule has 2 aromatic carbocycles. The minimum Gasteiger partial charge on any atom is -0.492 e. The number of ether oxygens (including phenoxy) is 1. The molecule has 0 aliphatic carbocycles. The molecule has 3 rings (SSSR count). The first-order chi connectivity index (χ1) is 12.5. The lowest BCUT2D eigenvalue weighted by Crippen LogP contribution is -2.29. The third-order valence-electron chi connectivity index (χ3n) is 4.58. The molecule has 0 fully saturated rings. The van der Waals surface area contributed by atoms with Gasteiger partial charge in [-0.3, -0.25) is 9.69 Å². The van der Waals surface area contributed by atoms with Crippen molar-refractivity contribution < 1.29 is 9.53 Å². The van der Waals surface area contributed by atoms with Crippen LogP contribution in [-0.2, 0) is 13.1 Å². The largest absolute Gasteiger partial charge is 0.492 e. The van der Waals surface area contributed by atoms with E-state index in [0.29, 0.717) is 24.6 Å². The van der Waals surface area contributed by atoms with Crippen molar-refractivity contribution in [2.24, 2.45) is 5.92 Å². The van der Waals surface area contributed by atoms with Crippen molar-refractivity contribution in [3.63, 3.8) is 0 Å². The van der Waals surface area contributed by atoms with Crippen molar-refractivity contribution in [2.45, 2.75) is 33.9 Å². The van der Waals surface area contributed by atoms with Gasteiger partial charge in [0.15, 0.2) is 0 Å². The number of hydrogen-bond acceptors (Lipinski definition) is 3. The number of carbonyl (C=O) groups excluding carboxylic acids is 1. The van der Waals surface area contributed by atoms with Crippen LogP contribution in [0.4, 0.5) is 0 Å². The van der Waals surface area contributed by atoms with E-state index in [1.54, 1.807) is 0 Å². The molecule has 0 spiro atoms. The first kappa shape index (κ1) is 18.5. The lowest BCUT2D eigenvalue weighted by molar-refractivity contribution is 0.0950. The van der Waals surface area contributed by atoms with Gasteiger partial charge in [-0.05, 0) is 36.6 Å². The summed E-state index contributed by atoms with van der Waals surface area (Å²) < 4.78 is 5.86. The van der Waals surface area contributed by atoms with Crippen molar-refractivity contribution in [2.75, 3.05) is 19.7 Å². The van der Waals surface area contributed by atoms with E-state index in [-0.39, 0.29) is 5.91 Å². The molecular formula is C22H28N2O2. The summed E-state index contributed by atoms with van der Waals surface area (Å²) in [7, 11) is 0. The highest BCUT2D eigenvalue weighted by Gasteiger charge is 2.18. The molecule has 26 heavy (non-hydrogen) atoms. The molecule has 0 unspecified atom stereocenters. The Labute approximate surface area is 156 Å². The Morgan fingerprint density at radius 1 is 1.19 bits per heavy atom. The normalized spacial score (nSPS) is 14.5. The van der Waals surface area contributed by atoms with Crippen LogP contribution in [0.1, 0.15) is 40.9 Å². The highest BCUT2D eigenvalue weighted by molar-refractivity contribution is 5.94. The number of rotatable bonds is 5. The van der Waals surface area contributed by atoms with E-state index in [0.717, 1.165) is 36.5 Å². The fourth-order valence-electron chi connectivity index (χ4n) is 3.25. The Morgan fingerprint density at radius 2 is 1.96 bits per heavy atom. The number of nitrogens with zero attached hydrogens (tertiary/aromatic N) is 1. The summed E-state index contributed by atoms with van der Waals surface area (Å²) in [5.74, 6) is 1.46. The predicted molar refractivity (Wildman–Crippen MR) is 104 cm³/mol. The number of aryl methyl sites for hydroxylation is 1. The fraction of sp³-hybridized carbons (Fsp3) is 0.409. The van der Waals surface area contributed by atoms with E-state index in [2.05, 4.69) is 43.1 Å². The number of carbonyl (C=O) groups is 1. The van der Waals surface area contributed by atoms with Gasteiger partial charge in [-0.1, -0.05) is 43.7 Å². The van der Waals surface area contributed by atoms with Gasteiger partial charge in [-0.25, -0.2) is 0 Å². The van der Waals surface area contributed by atoms with Gasteiger partial charge in [0.05, 0.1) is 0 Å². The monoisotopic (exact) mass is 352 g/mol. The van der Waals surface area contributed by atoms with Gasteiger partial charge in [0.25, 0.3) is 5.91 Å². The topological polar surface area (TPSA) is 41.6 Å². The van der Waals surface area contributed by atoms with E-state index in [4.69, 9.17) is 4.74 Å². The molecule has 1 aliphatic heterocycles. The SMILES string of the molecule is Cc1ccc(CNC(=O)c2ccc3c(c2)CN(CC(C)C)CCO3)cc1. The Kier molecular flexibility index (Phi) is 5.94. The summed E-state index contributed by atoms with van der Waals surface area (Å²) in [6.07, 6.45) is 0. The summed E-state index contributed by atoms with van der Waals surface area (Å²) >= 11 is 0. The van der Waals surface area contributed by atoms with Crippen molar-refractivity contribution in [3.05, 3.63) is 64.7 Å². The second-order valence-corrected chi connectivity index (χ2v) is 7.47. The molecule has 4 nitrogen and oxygen atoms in total. The van der Waals surface area contributed by atoms with Crippen LogP contribution < -0.4 is 10.1 Å². The molecule has 1 N–H and O–H groups in total. The molecule has 0 aromatic heterocycles. The molecular weight excluding hydrogens is 324 g/mol. The summed E-state index contributed by atoms with van der Waals surface area (Å²) in [6.45, 7) is 10.5. The van der Waals surface area contributed by atoms with Gasteiger partial charge in [0.2, 0.25) is 0 Å². The third kappa shape index (κ3) is 4.85. The molecule has 2 aromatic rings. The molecule has 0 radical (unpaired) electrons. The fourth-order valence-corrected chi connectivity index (χ4v) is 3.25. The van der Waals surface area contributed by atoms with Crippen molar-refractivity contribution in [1.29, 1.82) is 0 Å². The smallest absolute Gasteiger partial charge is 0.251 e. The summed E-state index contributed by atoms with van der Waals surface area (Å²) in [5, 5.41) is 3.01. The second-order valence-electron chi connectivity index (χ2n) is 7.47. The molecule has 0 atom stereocenters. The lowest BCUT2D eigenvalue weighted by Gasteiger charge is -2.21. The zero-order valence-corrected chi connectivity index (χ0v) is 15.9. The Bertz CT molecular complexity index is 753. The average Bonchev–Trinajstić information content (AvgIpc) is 2.81. The first-order valence-corrected chi connectivity index (χ1v) is 9.33. The van der Waals surface area contributed by atoms with Crippen LogP contribution >= 0.6 is 0 Å². The number of hydrogen-bond donors (Lipinski definition) is 1. The summed E-state index contributed by atoms with van der Waals surface area (Å²) in [4.78, 5) is 14.9. The summed E-state index contributed by atoms with van der Waals surface area (Å²) in [6, 6.07) is 14.0. The second kappa shape index (κ2) is 8.37. The van der Waals surface area contributed by atoms with Crippen LogP contribution in [0.5, 0.6) is 5.75 Å². The Hall–Kier alpha value is -2.33. The van der Waals surface area contributed by atoms with Gasteiger partial charge in [0.1, 0.15) is 12.4 Å². The van der Waals surface area contributed by atoms with E-state index >= 15 is 0 Å². The standard InChI is InChI=1S/C22H28N2O2/c1-16(2)14-24-10-11-26-21-9-8-19(12-20(21)15-24)22(25)23-13-18-6-4-17(3)5-7-18/h4-9,12,16H,10-11,13-15H2,1-3H3,(H,23,25). The Morgan fingerprint density at radius 3 is 2.69 bits per heavy atom. The maximum atomic E-state index is 12.6. The molecule has 0 bridgehead atoms. The van der Waals surface area contributed by atoms with E-state index < -0.39 is 0 Å². The van der Waals surface area contributed by atoms with Crippen LogP contribution in [0.25, 0.3) is 0 Å². The molecule has 1 amide bonds. The van der Waals surface area contributed by atoms with Crippen LogP contribution in [-0.4, -0.2) is 30.5 Å². The number of nitrogens with one attached hydrogen (secondary N) is 1. The average molecular weight is 352 g/mol. The quantitative estimate of drug-likeness (QED) is 0.890. The maximum Gasteiger partial charge on any atom is 0.251 e.